The summed E-state index contributed by atoms with van der Waals surface area (Å²) in [7, 11) is 0. The van der Waals surface area contributed by atoms with Crippen LogP contribution in [0.4, 0.5) is 0 Å². The zero-order valence-electron chi connectivity index (χ0n) is 14.3. The van der Waals surface area contributed by atoms with E-state index in [0.29, 0.717) is 18.4 Å². The molecule has 2 atom stereocenters. The van der Waals surface area contributed by atoms with E-state index in [0.717, 1.165) is 12.8 Å². The molecule has 0 spiro atoms. The van der Waals surface area contributed by atoms with Gasteiger partial charge in [0.15, 0.2) is 0 Å². The molecule has 4 nitrogen and oxygen atoms in total. The second-order valence-electron chi connectivity index (χ2n) is 8.25. The molecule has 1 amide bonds. The third kappa shape index (κ3) is 2.98. The third-order valence-corrected chi connectivity index (χ3v) is 5.91. The Morgan fingerprint density at radius 3 is 2.29 bits per heavy atom. The van der Waals surface area contributed by atoms with Gasteiger partial charge in [-0.1, -0.05) is 27.7 Å². The van der Waals surface area contributed by atoms with Crippen molar-refractivity contribution >= 4 is 5.91 Å². The van der Waals surface area contributed by atoms with Crippen molar-refractivity contribution in [3.8, 4) is 0 Å². The monoisotopic (exact) mass is 296 g/mol. The Balaban J connectivity index is 1.92. The van der Waals surface area contributed by atoms with Crippen LogP contribution in [0, 0.1) is 10.8 Å². The first kappa shape index (κ1) is 16.8. The molecule has 2 unspecified atom stereocenters. The Hall–Kier alpha value is -0.610. The van der Waals surface area contributed by atoms with E-state index >= 15 is 0 Å². The third-order valence-electron chi connectivity index (χ3n) is 5.91. The van der Waals surface area contributed by atoms with E-state index in [1.165, 1.54) is 12.8 Å². The number of carbonyl (C=O) groups excluding carboxylic acids is 1. The maximum absolute atomic E-state index is 12.7. The molecule has 0 saturated heterocycles. The molecule has 0 bridgehead atoms. The minimum atomic E-state index is -0.792. The van der Waals surface area contributed by atoms with Gasteiger partial charge in [0.25, 0.3) is 0 Å². The molecule has 0 aromatic heterocycles. The Kier molecular flexibility index (Phi) is 4.42. The van der Waals surface area contributed by atoms with Gasteiger partial charge in [0.2, 0.25) is 5.91 Å². The molecule has 0 radical (unpaired) electrons. The average molecular weight is 296 g/mol. The fourth-order valence-corrected chi connectivity index (χ4v) is 3.68. The molecule has 2 aliphatic rings. The van der Waals surface area contributed by atoms with Crippen molar-refractivity contribution in [2.24, 2.45) is 16.6 Å². The molecule has 0 aromatic rings. The van der Waals surface area contributed by atoms with E-state index in [1.807, 2.05) is 20.8 Å². The summed E-state index contributed by atoms with van der Waals surface area (Å²) in [5, 5.41) is 3.20. The quantitative estimate of drug-likeness (QED) is 0.838. The summed E-state index contributed by atoms with van der Waals surface area (Å²) in [5.41, 5.74) is 5.74. The van der Waals surface area contributed by atoms with Gasteiger partial charge in [0, 0.05) is 24.5 Å². The molecule has 2 rings (SSSR count). The van der Waals surface area contributed by atoms with Gasteiger partial charge in [-0.2, -0.15) is 0 Å². The molecular formula is C17H32N2O2. The molecule has 21 heavy (non-hydrogen) atoms. The van der Waals surface area contributed by atoms with E-state index in [9.17, 15) is 4.79 Å². The number of nitrogens with two attached hydrogens (primary N) is 1. The number of carbonyl (C=O) groups is 1. The number of ether oxygens (including phenoxy) is 1. The van der Waals surface area contributed by atoms with Crippen LogP contribution in [0.25, 0.3) is 0 Å². The first-order chi connectivity index (χ1) is 9.62. The summed E-state index contributed by atoms with van der Waals surface area (Å²) < 4.78 is 5.70. The van der Waals surface area contributed by atoms with Crippen LogP contribution in [0.1, 0.15) is 66.7 Å². The standard InChI is InChI=1S/C17H32N2O2/c1-6-21-13-11-17(18,16(13,4)5)14(20)19-12-7-9-15(2,3)10-8-12/h12-13H,6-11,18H2,1-5H3,(H,19,20). The van der Waals surface area contributed by atoms with Crippen molar-refractivity contribution in [2.45, 2.75) is 84.4 Å². The van der Waals surface area contributed by atoms with Gasteiger partial charge in [-0.3, -0.25) is 4.79 Å². The highest BCUT2D eigenvalue weighted by atomic mass is 16.5. The number of hydrogen-bond donors (Lipinski definition) is 2. The zero-order valence-corrected chi connectivity index (χ0v) is 14.3. The summed E-state index contributed by atoms with van der Waals surface area (Å²) in [5.74, 6) is 0.00755. The highest BCUT2D eigenvalue weighted by Crippen LogP contribution is 2.50. The van der Waals surface area contributed by atoms with Gasteiger partial charge in [0.05, 0.1) is 6.10 Å². The van der Waals surface area contributed by atoms with Crippen molar-refractivity contribution in [3.05, 3.63) is 0 Å². The first-order valence-corrected chi connectivity index (χ1v) is 8.34. The van der Waals surface area contributed by atoms with Crippen LogP contribution in [0.5, 0.6) is 0 Å². The summed E-state index contributed by atoms with van der Waals surface area (Å²) in [6.07, 6.45) is 5.16. The lowest BCUT2D eigenvalue weighted by Crippen LogP contribution is -2.76. The lowest BCUT2D eigenvalue weighted by atomic mass is 9.54. The van der Waals surface area contributed by atoms with Gasteiger partial charge < -0.3 is 15.8 Å². The van der Waals surface area contributed by atoms with Crippen LogP contribution >= 0.6 is 0 Å². The van der Waals surface area contributed by atoms with Crippen LogP contribution in [0.15, 0.2) is 0 Å². The molecule has 4 heteroatoms. The summed E-state index contributed by atoms with van der Waals surface area (Å²) in [6, 6.07) is 0.285. The van der Waals surface area contributed by atoms with Crippen LogP contribution in [0.2, 0.25) is 0 Å². The molecule has 2 saturated carbocycles. The first-order valence-electron chi connectivity index (χ1n) is 8.34. The summed E-state index contributed by atoms with van der Waals surface area (Å²) in [4.78, 5) is 12.7. The van der Waals surface area contributed by atoms with Crippen LogP contribution < -0.4 is 11.1 Å². The van der Waals surface area contributed by atoms with Crippen LogP contribution in [-0.4, -0.2) is 30.2 Å². The molecular weight excluding hydrogens is 264 g/mol. The van der Waals surface area contributed by atoms with Crippen LogP contribution in [0.3, 0.4) is 0 Å². The molecule has 122 valence electrons. The lowest BCUT2D eigenvalue weighted by Gasteiger charge is -2.58. The molecule has 0 aliphatic heterocycles. The minimum absolute atomic E-state index is 0.00755. The predicted molar refractivity (Wildman–Crippen MR) is 84.9 cm³/mol. The van der Waals surface area contributed by atoms with E-state index in [1.54, 1.807) is 0 Å². The highest BCUT2D eigenvalue weighted by molar-refractivity contribution is 5.89. The minimum Gasteiger partial charge on any atom is -0.378 e. The SMILES string of the molecule is CCOC1CC(N)(C(=O)NC2CCC(C)(C)CC2)C1(C)C. The molecule has 0 heterocycles. The maximum atomic E-state index is 12.7. The van der Waals surface area contributed by atoms with Crippen molar-refractivity contribution in [1.82, 2.24) is 5.32 Å². The number of rotatable bonds is 4. The Bertz CT molecular complexity index is 396. The van der Waals surface area contributed by atoms with Gasteiger partial charge >= 0.3 is 0 Å². The van der Waals surface area contributed by atoms with E-state index in [2.05, 4.69) is 19.2 Å². The maximum Gasteiger partial charge on any atom is 0.241 e. The van der Waals surface area contributed by atoms with Gasteiger partial charge in [-0.05, 0) is 38.0 Å². The zero-order chi connectivity index (χ0) is 15.9. The fourth-order valence-electron chi connectivity index (χ4n) is 3.68. The normalized spacial score (nSPS) is 35.0. The van der Waals surface area contributed by atoms with E-state index in [4.69, 9.17) is 10.5 Å². The second-order valence-corrected chi connectivity index (χ2v) is 8.25. The molecule has 2 aliphatic carbocycles. The number of amides is 1. The number of nitrogens with one attached hydrogen (secondary N) is 1. The smallest absolute Gasteiger partial charge is 0.241 e. The van der Waals surface area contributed by atoms with Gasteiger partial charge in [-0.15, -0.1) is 0 Å². The topological polar surface area (TPSA) is 64.3 Å². The molecule has 0 aromatic carbocycles. The van der Waals surface area contributed by atoms with E-state index in [-0.39, 0.29) is 23.5 Å². The van der Waals surface area contributed by atoms with Crippen molar-refractivity contribution in [1.29, 1.82) is 0 Å². The fraction of sp³-hybridized carbons (Fsp3) is 0.941. The van der Waals surface area contributed by atoms with Crippen molar-refractivity contribution in [2.75, 3.05) is 6.61 Å². The largest absolute Gasteiger partial charge is 0.378 e. The predicted octanol–water partition coefficient (Wildman–Crippen LogP) is 2.60. The lowest BCUT2D eigenvalue weighted by molar-refractivity contribution is -0.171. The van der Waals surface area contributed by atoms with Crippen molar-refractivity contribution in [3.63, 3.8) is 0 Å². The molecule has 3 N–H and O–H groups in total. The van der Waals surface area contributed by atoms with E-state index < -0.39 is 5.54 Å². The Labute approximate surface area is 129 Å². The Morgan fingerprint density at radius 1 is 1.24 bits per heavy atom. The van der Waals surface area contributed by atoms with Gasteiger partial charge in [0.1, 0.15) is 5.54 Å². The Morgan fingerprint density at radius 2 is 1.81 bits per heavy atom. The molecule has 2 fully saturated rings. The second kappa shape index (κ2) is 5.54. The van der Waals surface area contributed by atoms with Crippen LogP contribution in [-0.2, 0) is 9.53 Å². The summed E-state index contributed by atoms with van der Waals surface area (Å²) >= 11 is 0. The van der Waals surface area contributed by atoms with Gasteiger partial charge in [-0.25, -0.2) is 0 Å². The highest BCUT2D eigenvalue weighted by Gasteiger charge is 2.63. The van der Waals surface area contributed by atoms with Crippen molar-refractivity contribution < 1.29 is 9.53 Å². The number of hydrogen-bond acceptors (Lipinski definition) is 3. The summed E-state index contributed by atoms with van der Waals surface area (Å²) in [6.45, 7) is 11.3. The average Bonchev–Trinajstić information content (AvgIpc) is 2.40.